The van der Waals surface area contributed by atoms with Crippen molar-refractivity contribution in [2.75, 3.05) is 7.11 Å². The lowest BCUT2D eigenvalue weighted by Gasteiger charge is -1.99. The second kappa shape index (κ2) is 3.87. The number of thiophene rings is 1. The Labute approximate surface area is 93.6 Å². The van der Waals surface area contributed by atoms with Gasteiger partial charge < -0.3 is 4.74 Å². The summed E-state index contributed by atoms with van der Waals surface area (Å²) in [6.45, 7) is 0. The third-order valence-electron chi connectivity index (χ3n) is 2.00. The van der Waals surface area contributed by atoms with Crippen LogP contribution < -0.4 is 4.74 Å². The number of hydrogen-bond donors (Lipinski definition) is 0. The molecule has 1 heterocycles. The number of fused-ring (bicyclic) bond motifs is 1. The first-order chi connectivity index (χ1) is 6.76. The highest BCUT2D eigenvalue weighted by Crippen LogP contribution is 2.38. The summed E-state index contributed by atoms with van der Waals surface area (Å²) in [5.74, 6) is 0.552. The van der Waals surface area contributed by atoms with Gasteiger partial charge in [-0.1, -0.05) is 15.9 Å². The molecule has 0 fully saturated rings. The van der Waals surface area contributed by atoms with Crippen LogP contribution in [-0.2, 0) is 5.33 Å². The van der Waals surface area contributed by atoms with Crippen LogP contribution >= 0.6 is 27.3 Å². The standard InChI is InChI=1S/C10H8BrFOS/c1-13-10-7-4-6(12)2-3-8(7)14-9(10)5-11/h2-4H,5H2,1H3. The molecule has 4 heteroatoms. The summed E-state index contributed by atoms with van der Waals surface area (Å²) in [5.41, 5.74) is 0. The molecular weight excluding hydrogens is 267 g/mol. The Morgan fingerprint density at radius 3 is 2.93 bits per heavy atom. The van der Waals surface area contributed by atoms with E-state index in [2.05, 4.69) is 15.9 Å². The zero-order valence-corrected chi connectivity index (χ0v) is 9.91. The van der Waals surface area contributed by atoms with Crippen molar-refractivity contribution in [3.8, 4) is 5.75 Å². The van der Waals surface area contributed by atoms with Crippen molar-refractivity contribution in [1.82, 2.24) is 0 Å². The molecule has 0 unspecified atom stereocenters. The average molecular weight is 275 g/mol. The van der Waals surface area contributed by atoms with Gasteiger partial charge in [0.1, 0.15) is 11.6 Å². The van der Waals surface area contributed by atoms with Crippen LogP contribution in [0.4, 0.5) is 4.39 Å². The van der Waals surface area contributed by atoms with Crippen LogP contribution in [0.3, 0.4) is 0 Å². The highest BCUT2D eigenvalue weighted by atomic mass is 79.9. The van der Waals surface area contributed by atoms with E-state index >= 15 is 0 Å². The second-order valence-electron chi connectivity index (χ2n) is 2.83. The SMILES string of the molecule is COc1c(CBr)sc2ccc(F)cc12. The molecule has 0 saturated carbocycles. The van der Waals surface area contributed by atoms with Crippen LogP contribution in [0, 0.1) is 5.82 Å². The molecule has 0 radical (unpaired) electrons. The fourth-order valence-corrected chi connectivity index (χ4v) is 3.01. The largest absolute Gasteiger partial charge is 0.495 e. The summed E-state index contributed by atoms with van der Waals surface area (Å²) < 4.78 is 19.3. The predicted molar refractivity (Wildman–Crippen MR) is 61.0 cm³/mol. The minimum absolute atomic E-state index is 0.227. The number of alkyl halides is 1. The Bertz CT molecular complexity index is 466. The maximum atomic E-state index is 13.0. The molecule has 0 spiro atoms. The quantitative estimate of drug-likeness (QED) is 0.754. The number of benzene rings is 1. The third-order valence-corrected chi connectivity index (χ3v) is 4.08. The fourth-order valence-electron chi connectivity index (χ4n) is 1.41. The van der Waals surface area contributed by atoms with E-state index in [9.17, 15) is 4.39 Å². The van der Waals surface area contributed by atoms with Crippen LogP contribution in [0.15, 0.2) is 18.2 Å². The van der Waals surface area contributed by atoms with Gasteiger partial charge in [-0.05, 0) is 18.2 Å². The molecule has 0 saturated heterocycles. The Morgan fingerprint density at radius 1 is 1.50 bits per heavy atom. The molecule has 1 nitrogen and oxygen atoms in total. The molecule has 2 rings (SSSR count). The summed E-state index contributed by atoms with van der Waals surface area (Å²) >= 11 is 5.00. The van der Waals surface area contributed by atoms with E-state index in [0.717, 1.165) is 26.0 Å². The normalized spacial score (nSPS) is 10.8. The van der Waals surface area contributed by atoms with Gasteiger partial charge in [0, 0.05) is 15.4 Å². The monoisotopic (exact) mass is 274 g/mol. The molecule has 0 aliphatic heterocycles. The van der Waals surface area contributed by atoms with Crippen molar-refractivity contribution in [3.63, 3.8) is 0 Å². The highest BCUT2D eigenvalue weighted by Gasteiger charge is 2.11. The Hall–Kier alpha value is -0.610. The van der Waals surface area contributed by atoms with Gasteiger partial charge >= 0.3 is 0 Å². The van der Waals surface area contributed by atoms with E-state index in [0.29, 0.717) is 0 Å². The van der Waals surface area contributed by atoms with Crippen molar-refractivity contribution >= 4 is 37.4 Å². The minimum atomic E-state index is -0.227. The number of rotatable bonds is 2. The van der Waals surface area contributed by atoms with Gasteiger partial charge in [-0.15, -0.1) is 11.3 Å². The van der Waals surface area contributed by atoms with Crippen LogP contribution in [-0.4, -0.2) is 7.11 Å². The first kappa shape index (κ1) is 9.93. The number of methoxy groups -OCH3 is 1. The van der Waals surface area contributed by atoms with E-state index in [-0.39, 0.29) is 5.82 Å². The lowest BCUT2D eigenvalue weighted by Crippen LogP contribution is -1.84. The van der Waals surface area contributed by atoms with E-state index < -0.39 is 0 Å². The zero-order valence-electron chi connectivity index (χ0n) is 7.51. The molecule has 0 aliphatic rings. The molecule has 2 aromatic rings. The smallest absolute Gasteiger partial charge is 0.141 e. The molecule has 1 aromatic heterocycles. The van der Waals surface area contributed by atoms with Gasteiger partial charge in [0.2, 0.25) is 0 Å². The molecule has 14 heavy (non-hydrogen) atoms. The molecule has 0 bridgehead atoms. The van der Waals surface area contributed by atoms with Gasteiger partial charge in [-0.3, -0.25) is 0 Å². The number of hydrogen-bond acceptors (Lipinski definition) is 2. The van der Waals surface area contributed by atoms with Gasteiger partial charge in [-0.25, -0.2) is 4.39 Å². The highest BCUT2D eigenvalue weighted by molar-refractivity contribution is 9.08. The molecule has 74 valence electrons. The first-order valence-corrected chi connectivity index (χ1v) is 6.01. The lowest BCUT2D eigenvalue weighted by atomic mass is 10.2. The van der Waals surface area contributed by atoms with E-state index in [1.807, 2.05) is 0 Å². The zero-order chi connectivity index (χ0) is 10.1. The van der Waals surface area contributed by atoms with Crippen LogP contribution in [0.2, 0.25) is 0 Å². The molecule has 0 atom stereocenters. The third kappa shape index (κ3) is 1.53. The predicted octanol–water partition coefficient (Wildman–Crippen LogP) is 3.94. The van der Waals surface area contributed by atoms with Gasteiger partial charge in [0.15, 0.2) is 0 Å². The van der Waals surface area contributed by atoms with Crippen molar-refractivity contribution in [2.45, 2.75) is 5.33 Å². The van der Waals surface area contributed by atoms with Crippen LogP contribution in [0.1, 0.15) is 4.88 Å². The summed E-state index contributed by atoms with van der Waals surface area (Å²) in [5, 5.41) is 1.59. The van der Waals surface area contributed by atoms with E-state index in [1.165, 1.54) is 12.1 Å². The van der Waals surface area contributed by atoms with Gasteiger partial charge in [0.05, 0.1) is 12.0 Å². The van der Waals surface area contributed by atoms with E-state index in [4.69, 9.17) is 4.74 Å². The maximum absolute atomic E-state index is 13.0. The second-order valence-corrected chi connectivity index (χ2v) is 4.53. The van der Waals surface area contributed by atoms with E-state index in [1.54, 1.807) is 24.5 Å². The van der Waals surface area contributed by atoms with Crippen molar-refractivity contribution in [2.24, 2.45) is 0 Å². The van der Waals surface area contributed by atoms with Crippen LogP contribution in [0.5, 0.6) is 5.75 Å². The molecular formula is C10H8BrFOS. The summed E-state index contributed by atoms with van der Waals surface area (Å²) in [6, 6.07) is 4.76. The Balaban J connectivity index is 2.74. The van der Waals surface area contributed by atoms with Gasteiger partial charge in [0.25, 0.3) is 0 Å². The minimum Gasteiger partial charge on any atom is -0.495 e. The van der Waals surface area contributed by atoms with Gasteiger partial charge in [-0.2, -0.15) is 0 Å². The molecule has 0 amide bonds. The fraction of sp³-hybridized carbons (Fsp3) is 0.200. The Morgan fingerprint density at radius 2 is 2.29 bits per heavy atom. The maximum Gasteiger partial charge on any atom is 0.141 e. The van der Waals surface area contributed by atoms with Crippen molar-refractivity contribution in [1.29, 1.82) is 0 Å². The molecule has 1 aromatic carbocycles. The van der Waals surface area contributed by atoms with Crippen molar-refractivity contribution < 1.29 is 9.13 Å². The summed E-state index contributed by atoms with van der Waals surface area (Å²) in [6.07, 6.45) is 0. The summed E-state index contributed by atoms with van der Waals surface area (Å²) in [4.78, 5) is 1.09. The molecule has 0 aliphatic carbocycles. The van der Waals surface area contributed by atoms with Crippen molar-refractivity contribution in [3.05, 3.63) is 28.9 Å². The first-order valence-electron chi connectivity index (χ1n) is 4.07. The average Bonchev–Trinajstić information content (AvgIpc) is 2.54. The number of halogens is 2. The number of ether oxygens (including phenoxy) is 1. The lowest BCUT2D eigenvalue weighted by molar-refractivity contribution is 0.418. The topological polar surface area (TPSA) is 9.23 Å². The van der Waals surface area contributed by atoms with Crippen LogP contribution in [0.25, 0.3) is 10.1 Å². The summed E-state index contributed by atoms with van der Waals surface area (Å²) in [7, 11) is 1.61. The molecule has 0 N–H and O–H groups in total. The Kier molecular flexibility index (Phi) is 2.74.